The van der Waals surface area contributed by atoms with Gasteiger partial charge in [-0.2, -0.15) is 5.26 Å². The average Bonchev–Trinajstić information content (AvgIpc) is 2.71. The zero-order chi connectivity index (χ0) is 11.3. The number of hydrogen-bond donors (Lipinski definition) is 0. The summed E-state index contributed by atoms with van der Waals surface area (Å²) in [7, 11) is 0. The predicted molar refractivity (Wildman–Crippen MR) is 54.1 cm³/mol. The van der Waals surface area contributed by atoms with E-state index in [9.17, 15) is 4.79 Å². The lowest BCUT2D eigenvalue weighted by Gasteiger charge is -2.27. The van der Waals surface area contributed by atoms with Crippen molar-refractivity contribution < 1.29 is 14.3 Å². The Hall–Kier alpha value is -1.24. The molecule has 1 rings (SSSR count). The minimum absolute atomic E-state index is 0.145. The monoisotopic (exact) mass is 211 g/mol. The van der Waals surface area contributed by atoms with E-state index in [4.69, 9.17) is 10.00 Å². The van der Waals surface area contributed by atoms with Crippen LogP contribution in [-0.2, 0) is 9.47 Å². The maximum Gasteiger partial charge on any atom is 0.509 e. The first kappa shape index (κ1) is 11.8. The molecule has 1 aliphatic carbocycles. The molecule has 1 fully saturated rings. The fourth-order valence-corrected chi connectivity index (χ4v) is 1.99. The molecule has 0 aliphatic heterocycles. The zero-order valence-corrected chi connectivity index (χ0v) is 9.28. The standard InChI is InChI=1S/C11H17NO3/c1-3-14-10(13)15-11(2,8-12)9-6-4-5-7-9/h9H,3-7H2,1-2H3. The summed E-state index contributed by atoms with van der Waals surface area (Å²) in [6.45, 7) is 3.64. The third-order valence-electron chi connectivity index (χ3n) is 2.91. The van der Waals surface area contributed by atoms with Crippen LogP contribution in [0.15, 0.2) is 0 Å². The Morgan fingerprint density at radius 3 is 2.60 bits per heavy atom. The van der Waals surface area contributed by atoms with Crippen LogP contribution in [-0.4, -0.2) is 18.4 Å². The molecule has 4 nitrogen and oxygen atoms in total. The molecule has 0 aromatic rings. The lowest BCUT2D eigenvalue weighted by atomic mass is 9.89. The molecule has 1 aliphatic rings. The minimum Gasteiger partial charge on any atom is -0.435 e. The Bertz CT molecular complexity index is 265. The molecule has 0 bridgehead atoms. The number of carbonyl (C=O) groups is 1. The molecule has 1 unspecified atom stereocenters. The van der Waals surface area contributed by atoms with E-state index in [0.29, 0.717) is 0 Å². The van der Waals surface area contributed by atoms with E-state index in [2.05, 4.69) is 10.8 Å². The summed E-state index contributed by atoms with van der Waals surface area (Å²) < 4.78 is 9.78. The smallest absolute Gasteiger partial charge is 0.435 e. The highest BCUT2D eigenvalue weighted by molar-refractivity contribution is 5.61. The molecule has 15 heavy (non-hydrogen) atoms. The second kappa shape index (κ2) is 5.01. The van der Waals surface area contributed by atoms with Crippen molar-refractivity contribution in [3.8, 4) is 6.07 Å². The number of ether oxygens (including phenoxy) is 2. The van der Waals surface area contributed by atoms with Gasteiger partial charge in [0.25, 0.3) is 0 Å². The lowest BCUT2D eigenvalue weighted by molar-refractivity contribution is -0.0230. The third kappa shape index (κ3) is 2.85. The summed E-state index contributed by atoms with van der Waals surface area (Å²) in [6.07, 6.45) is 3.36. The molecule has 84 valence electrons. The van der Waals surface area contributed by atoms with Gasteiger partial charge in [0, 0.05) is 5.92 Å². The van der Waals surface area contributed by atoms with Gasteiger partial charge in [0.05, 0.1) is 6.61 Å². The summed E-state index contributed by atoms with van der Waals surface area (Å²) in [5, 5.41) is 9.08. The van der Waals surface area contributed by atoms with Crippen molar-refractivity contribution in [1.82, 2.24) is 0 Å². The second-order valence-corrected chi connectivity index (χ2v) is 3.99. The van der Waals surface area contributed by atoms with Gasteiger partial charge in [-0.25, -0.2) is 4.79 Å². The zero-order valence-electron chi connectivity index (χ0n) is 9.28. The first-order chi connectivity index (χ1) is 7.12. The van der Waals surface area contributed by atoms with Crippen molar-refractivity contribution in [1.29, 1.82) is 5.26 Å². The molecule has 0 amide bonds. The van der Waals surface area contributed by atoms with Gasteiger partial charge in [-0.05, 0) is 26.7 Å². The van der Waals surface area contributed by atoms with Crippen LogP contribution >= 0.6 is 0 Å². The fourth-order valence-electron chi connectivity index (χ4n) is 1.99. The van der Waals surface area contributed by atoms with Gasteiger partial charge in [-0.15, -0.1) is 0 Å². The van der Waals surface area contributed by atoms with Crippen LogP contribution in [0.25, 0.3) is 0 Å². The number of nitrogens with zero attached hydrogens (tertiary/aromatic N) is 1. The van der Waals surface area contributed by atoms with Crippen molar-refractivity contribution in [2.24, 2.45) is 5.92 Å². The van der Waals surface area contributed by atoms with E-state index >= 15 is 0 Å². The molecular formula is C11H17NO3. The van der Waals surface area contributed by atoms with Gasteiger partial charge >= 0.3 is 6.16 Å². The predicted octanol–water partition coefficient (Wildman–Crippen LogP) is 2.63. The molecule has 0 radical (unpaired) electrons. The molecule has 4 heteroatoms. The third-order valence-corrected chi connectivity index (χ3v) is 2.91. The summed E-state index contributed by atoms with van der Waals surface area (Å²) in [4.78, 5) is 11.2. The number of rotatable bonds is 3. The Morgan fingerprint density at radius 1 is 1.53 bits per heavy atom. The Balaban J connectivity index is 2.59. The Labute approximate surface area is 90.2 Å². The minimum atomic E-state index is -1.03. The van der Waals surface area contributed by atoms with Crippen LogP contribution in [0, 0.1) is 17.2 Å². The van der Waals surface area contributed by atoms with Crippen molar-refractivity contribution in [3.63, 3.8) is 0 Å². The van der Waals surface area contributed by atoms with Crippen LogP contribution in [0.1, 0.15) is 39.5 Å². The first-order valence-corrected chi connectivity index (χ1v) is 5.39. The van der Waals surface area contributed by atoms with E-state index in [1.807, 2.05) is 0 Å². The number of nitriles is 1. The molecular weight excluding hydrogens is 194 g/mol. The average molecular weight is 211 g/mol. The second-order valence-electron chi connectivity index (χ2n) is 3.99. The molecule has 0 spiro atoms. The number of hydrogen-bond acceptors (Lipinski definition) is 4. The highest BCUT2D eigenvalue weighted by Crippen LogP contribution is 2.36. The fraction of sp³-hybridized carbons (Fsp3) is 0.818. The van der Waals surface area contributed by atoms with E-state index in [1.165, 1.54) is 0 Å². The highest BCUT2D eigenvalue weighted by atomic mass is 16.7. The van der Waals surface area contributed by atoms with E-state index in [-0.39, 0.29) is 12.5 Å². The van der Waals surface area contributed by atoms with Crippen LogP contribution in [0.3, 0.4) is 0 Å². The van der Waals surface area contributed by atoms with Crippen molar-refractivity contribution >= 4 is 6.16 Å². The van der Waals surface area contributed by atoms with Crippen LogP contribution in [0.2, 0.25) is 0 Å². The quantitative estimate of drug-likeness (QED) is 0.673. The molecule has 0 aromatic heterocycles. The van der Waals surface area contributed by atoms with E-state index in [1.54, 1.807) is 13.8 Å². The Kier molecular flexibility index (Phi) is 3.96. The highest BCUT2D eigenvalue weighted by Gasteiger charge is 2.40. The largest absolute Gasteiger partial charge is 0.509 e. The van der Waals surface area contributed by atoms with Crippen molar-refractivity contribution in [2.45, 2.75) is 45.1 Å². The maximum atomic E-state index is 11.2. The van der Waals surface area contributed by atoms with E-state index < -0.39 is 11.8 Å². The molecule has 0 saturated heterocycles. The van der Waals surface area contributed by atoms with Gasteiger partial charge in [0.2, 0.25) is 5.60 Å². The maximum absolute atomic E-state index is 11.2. The summed E-state index contributed by atoms with van der Waals surface area (Å²) in [5.74, 6) is 0.145. The van der Waals surface area contributed by atoms with Crippen LogP contribution < -0.4 is 0 Å². The van der Waals surface area contributed by atoms with E-state index in [0.717, 1.165) is 25.7 Å². The number of carbonyl (C=O) groups excluding carboxylic acids is 1. The van der Waals surface area contributed by atoms with Crippen LogP contribution in [0.4, 0.5) is 4.79 Å². The summed E-state index contributed by atoms with van der Waals surface area (Å²) >= 11 is 0. The van der Waals surface area contributed by atoms with Crippen molar-refractivity contribution in [2.75, 3.05) is 6.61 Å². The van der Waals surface area contributed by atoms with Gasteiger partial charge in [0.15, 0.2) is 0 Å². The van der Waals surface area contributed by atoms with Crippen molar-refractivity contribution in [3.05, 3.63) is 0 Å². The normalized spacial score (nSPS) is 20.3. The van der Waals surface area contributed by atoms with Gasteiger partial charge in [-0.1, -0.05) is 12.8 Å². The Morgan fingerprint density at radius 2 is 2.13 bits per heavy atom. The molecule has 0 heterocycles. The summed E-state index contributed by atoms with van der Waals surface area (Å²) in [5.41, 5.74) is -1.03. The molecule has 0 N–H and O–H groups in total. The van der Waals surface area contributed by atoms with Crippen LogP contribution in [0.5, 0.6) is 0 Å². The SMILES string of the molecule is CCOC(=O)OC(C)(C#N)C1CCCC1. The van der Waals surface area contributed by atoms with Gasteiger partial charge < -0.3 is 9.47 Å². The summed E-state index contributed by atoms with van der Waals surface area (Å²) in [6, 6.07) is 2.09. The topological polar surface area (TPSA) is 59.3 Å². The molecule has 1 atom stereocenters. The van der Waals surface area contributed by atoms with Gasteiger partial charge in [-0.3, -0.25) is 0 Å². The molecule has 1 saturated carbocycles. The molecule has 0 aromatic carbocycles. The lowest BCUT2D eigenvalue weighted by Crippen LogP contribution is -2.37. The first-order valence-electron chi connectivity index (χ1n) is 5.39. The van der Waals surface area contributed by atoms with Gasteiger partial charge in [0.1, 0.15) is 6.07 Å².